The summed E-state index contributed by atoms with van der Waals surface area (Å²) in [6, 6.07) is 5.01. The Kier molecular flexibility index (Phi) is 7.70. The van der Waals surface area contributed by atoms with Gasteiger partial charge >= 0.3 is 0 Å². The molecule has 0 saturated heterocycles. The van der Waals surface area contributed by atoms with E-state index in [1.165, 1.54) is 24.3 Å². The van der Waals surface area contributed by atoms with Crippen molar-refractivity contribution in [3.05, 3.63) is 24.3 Å². The lowest BCUT2D eigenvalue weighted by Crippen LogP contribution is -2.40. The van der Waals surface area contributed by atoms with Crippen molar-refractivity contribution in [1.29, 1.82) is 0 Å². The average molecular weight is 336 g/mol. The van der Waals surface area contributed by atoms with E-state index < -0.39 is 23.1 Å². The van der Waals surface area contributed by atoms with Gasteiger partial charge < -0.3 is 10.5 Å². The Morgan fingerprint density at radius 1 is 1.27 bits per heavy atom. The van der Waals surface area contributed by atoms with Gasteiger partial charge in [0.05, 0.1) is 4.90 Å². The summed E-state index contributed by atoms with van der Waals surface area (Å²) in [7, 11) is -3.68. The zero-order chi connectivity index (χ0) is 16.6. The van der Waals surface area contributed by atoms with Crippen molar-refractivity contribution >= 4 is 10.0 Å². The summed E-state index contributed by atoms with van der Waals surface area (Å²) in [5.74, 6) is 0.195. The number of ether oxygens (including phenoxy) is 1. The Labute approximate surface area is 129 Å². The van der Waals surface area contributed by atoms with Gasteiger partial charge in [-0.05, 0) is 30.7 Å². The van der Waals surface area contributed by atoms with E-state index in [2.05, 4.69) is 4.72 Å². The van der Waals surface area contributed by atoms with Crippen LogP contribution in [0.1, 0.15) is 26.2 Å². The molecule has 0 aliphatic carbocycles. The standard InChI is InChI=1S/C14H22F2N2O3S/c1-2-3-4-11(9-17)18-22(19,20)13-7-5-12(6-8-13)21-10-14(15)16/h5-8,11,14,18H,2-4,9-10,17H2,1H3. The predicted octanol–water partition coefficient (Wildman–Crippen LogP) is 2.13. The van der Waals surface area contributed by atoms with Gasteiger partial charge in [-0.15, -0.1) is 0 Å². The molecule has 1 atom stereocenters. The van der Waals surface area contributed by atoms with Crippen molar-refractivity contribution in [3.63, 3.8) is 0 Å². The number of hydrogen-bond donors (Lipinski definition) is 2. The van der Waals surface area contributed by atoms with Crippen molar-refractivity contribution in [2.75, 3.05) is 13.2 Å². The topological polar surface area (TPSA) is 81.4 Å². The summed E-state index contributed by atoms with van der Waals surface area (Å²) in [6.45, 7) is 1.51. The summed E-state index contributed by atoms with van der Waals surface area (Å²) in [4.78, 5) is 0.0480. The van der Waals surface area contributed by atoms with Crippen LogP contribution in [0.3, 0.4) is 0 Å². The number of sulfonamides is 1. The van der Waals surface area contributed by atoms with Crippen LogP contribution >= 0.6 is 0 Å². The van der Waals surface area contributed by atoms with Gasteiger partial charge in [0.15, 0.2) is 0 Å². The predicted molar refractivity (Wildman–Crippen MR) is 80.6 cm³/mol. The van der Waals surface area contributed by atoms with Crippen molar-refractivity contribution in [2.24, 2.45) is 5.73 Å². The molecule has 1 rings (SSSR count). The van der Waals surface area contributed by atoms with E-state index in [0.29, 0.717) is 6.42 Å². The molecule has 0 aliphatic rings. The normalized spacial score (nSPS) is 13.3. The first-order chi connectivity index (χ1) is 10.4. The molecule has 0 fully saturated rings. The zero-order valence-corrected chi connectivity index (χ0v) is 13.3. The second-order valence-electron chi connectivity index (χ2n) is 4.87. The number of alkyl halides is 2. The first-order valence-electron chi connectivity index (χ1n) is 7.12. The van der Waals surface area contributed by atoms with Crippen LogP contribution in [0.4, 0.5) is 8.78 Å². The van der Waals surface area contributed by atoms with Crippen molar-refractivity contribution in [3.8, 4) is 5.75 Å². The summed E-state index contributed by atoms with van der Waals surface area (Å²) in [5, 5.41) is 0. The first-order valence-corrected chi connectivity index (χ1v) is 8.60. The molecule has 1 aromatic carbocycles. The molecule has 3 N–H and O–H groups in total. The van der Waals surface area contributed by atoms with Gasteiger partial charge in [0.1, 0.15) is 12.4 Å². The molecule has 22 heavy (non-hydrogen) atoms. The van der Waals surface area contributed by atoms with Gasteiger partial charge in [-0.25, -0.2) is 21.9 Å². The molecule has 1 unspecified atom stereocenters. The molecule has 5 nitrogen and oxygen atoms in total. The van der Waals surface area contributed by atoms with Gasteiger partial charge in [0.25, 0.3) is 6.43 Å². The Morgan fingerprint density at radius 2 is 1.91 bits per heavy atom. The Bertz CT molecular complexity index is 536. The molecule has 0 heterocycles. The number of benzene rings is 1. The lowest BCUT2D eigenvalue weighted by atomic mass is 10.1. The second kappa shape index (κ2) is 9.02. The Balaban J connectivity index is 2.71. The number of nitrogens with one attached hydrogen (secondary N) is 1. The summed E-state index contributed by atoms with van der Waals surface area (Å²) in [6.07, 6.45) is -0.0740. The van der Waals surface area contributed by atoms with Gasteiger partial charge in [-0.1, -0.05) is 19.8 Å². The van der Waals surface area contributed by atoms with Crippen LogP contribution in [0.15, 0.2) is 29.2 Å². The molecule has 0 bridgehead atoms. The lowest BCUT2D eigenvalue weighted by Gasteiger charge is -2.16. The average Bonchev–Trinajstić information content (AvgIpc) is 2.49. The number of unbranched alkanes of at least 4 members (excludes halogenated alkanes) is 1. The van der Waals surface area contributed by atoms with Crippen LogP contribution < -0.4 is 15.2 Å². The van der Waals surface area contributed by atoms with Crippen molar-refractivity contribution in [2.45, 2.75) is 43.5 Å². The highest BCUT2D eigenvalue weighted by atomic mass is 32.2. The van der Waals surface area contributed by atoms with Gasteiger partial charge in [-0.2, -0.15) is 0 Å². The van der Waals surface area contributed by atoms with Gasteiger partial charge in [0, 0.05) is 12.6 Å². The number of rotatable bonds is 10. The maximum atomic E-state index is 12.2. The molecule has 1 aromatic rings. The van der Waals surface area contributed by atoms with Gasteiger partial charge in [0.2, 0.25) is 10.0 Å². The maximum Gasteiger partial charge on any atom is 0.272 e. The SMILES string of the molecule is CCCCC(CN)NS(=O)(=O)c1ccc(OCC(F)F)cc1. The third-order valence-corrected chi connectivity index (χ3v) is 4.56. The molecule has 126 valence electrons. The van der Waals surface area contributed by atoms with E-state index in [9.17, 15) is 17.2 Å². The Hall–Kier alpha value is -1.25. The third kappa shape index (κ3) is 6.25. The second-order valence-corrected chi connectivity index (χ2v) is 6.58. The maximum absolute atomic E-state index is 12.2. The molecule has 0 aromatic heterocycles. The minimum atomic E-state index is -3.68. The fourth-order valence-electron chi connectivity index (χ4n) is 1.84. The molecule has 0 spiro atoms. The van der Waals surface area contributed by atoms with E-state index in [4.69, 9.17) is 10.5 Å². The van der Waals surface area contributed by atoms with Crippen molar-refractivity contribution < 1.29 is 21.9 Å². The van der Waals surface area contributed by atoms with Crippen LogP contribution in [0, 0.1) is 0 Å². The first kappa shape index (κ1) is 18.8. The van der Waals surface area contributed by atoms with Crippen LogP contribution in [-0.2, 0) is 10.0 Å². The highest BCUT2D eigenvalue weighted by Crippen LogP contribution is 2.17. The fourth-order valence-corrected chi connectivity index (χ4v) is 3.12. The van der Waals surface area contributed by atoms with E-state index >= 15 is 0 Å². The van der Waals surface area contributed by atoms with Crippen molar-refractivity contribution in [1.82, 2.24) is 4.72 Å². The van der Waals surface area contributed by atoms with Crippen LogP contribution in [0.25, 0.3) is 0 Å². The molecule has 0 amide bonds. The van der Waals surface area contributed by atoms with Gasteiger partial charge in [-0.3, -0.25) is 0 Å². The third-order valence-electron chi connectivity index (χ3n) is 3.02. The molecular weight excluding hydrogens is 314 g/mol. The van der Waals surface area contributed by atoms with E-state index in [1.54, 1.807) is 0 Å². The van der Waals surface area contributed by atoms with Crippen LogP contribution in [0.5, 0.6) is 5.75 Å². The smallest absolute Gasteiger partial charge is 0.272 e. The Morgan fingerprint density at radius 3 is 2.41 bits per heavy atom. The molecule has 0 aliphatic heterocycles. The number of halogens is 2. The quantitative estimate of drug-likeness (QED) is 0.686. The highest BCUT2D eigenvalue weighted by Gasteiger charge is 2.19. The van der Waals surface area contributed by atoms with E-state index in [-0.39, 0.29) is 23.2 Å². The van der Waals surface area contributed by atoms with Crippen LogP contribution in [0.2, 0.25) is 0 Å². The largest absolute Gasteiger partial charge is 0.488 e. The monoisotopic (exact) mass is 336 g/mol. The molecule has 0 saturated carbocycles. The number of hydrogen-bond acceptors (Lipinski definition) is 4. The molecular formula is C14H22F2N2O3S. The molecule has 8 heteroatoms. The minimum absolute atomic E-state index is 0.0480. The summed E-state index contributed by atoms with van der Waals surface area (Å²) < 4.78 is 55.8. The lowest BCUT2D eigenvalue weighted by molar-refractivity contribution is 0.0819. The zero-order valence-electron chi connectivity index (χ0n) is 12.5. The summed E-state index contributed by atoms with van der Waals surface area (Å²) in [5.41, 5.74) is 5.57. The highest BCUT2D eigenvalue weighted by molar-refractivity contribution is 7.89. The molecule has 0 radical (unpaired) electrons. The fraction of sp³-hybridized carbons (Fsp3) is 0.571. The minimum Gasteiger partial charge on any atom is -0.488 e. The van der Waals surface area contributed by atoms with E-state index in [0.717, 1.165) is 12.8 Å². The van der Waals surface area contributed by atoms with Crippen LogP contribution in [-0.4, -0.2) is 34.0 Å². The number of nitrogens with two attached hydrogens (primary N) is 1. The summed E-state index contributed by atoms with van der Waals surface area (Å²) >= 11 is 0. The van der Waals surface area contributed by atoms with E-state index in [1.807, 2.05) is 6.92 Å².